The summed E-state index contributed by atoms with van der Waals surface area (Å²) in [5, 5.41) is 0. The van der Waals surface area contributed by atoms with Gasteiger partial charge in [0.05, 0.1) is 0 Å². The molecule has 0 aliphatic heterocycles. The van der Waals surface area contributed by atoms with Gasteiger partial charge in [0.15, 0.2) is 5.65 Å². The lowest BCUT2D eigenvalue weighted by molar-refractivity contribution is 0.265. The predicted molar refractivity (Wildman–Crippen MR) is 75.1 cm³/mol. The summed E-state index contributed by atoms with van der Waals surface area (Å²) in [4.78, 5) is 32.7. The molecule has 0 bridgehead atoms. The van der Waals surface area contributed by atoms with Crippen molar-refractivity contribution in [1.29, 1.82) is 0 Å². The molecule has 0 atom stereocenters. The maximum absolute atomic E-state index is 12.8. The minimum Gasteiger partial charge on any atom is -0.336 e. The Hall–Kier alpha value is -1.85. The van der Waals surface area contributed by atoms with E-state index in [0.29, 0.717) is 17.0 Å². The Labute approximate surface area is 115 Å². The Morgan fingerprint density at radius 1 is 1.05 bits per heavy atom. The van der Waals surface area contributed by atoms with Crippen LogP contribution < -0.4 is 11.2 Å². The molecule has 0 radical (unpaired) electrons. The van der Waals surface area contributed by atoms with Crippen LogP contribution in [0.5, 0.6) is 0 Å². The Bertz CT molecular complexity index is 790. The van der Waals surface area contributed by atoms with E-state index in [0.717, 1.165) is 38.5 Å². The smallest absolute Gasteiger partial charge is 0.333 e. The van der Waals surface area contributed by atoms with Crippen LogP contribution in [0.3, 0.4) is 0 Å². The molecule has 6 heteroatoms. The summed E-state index contributed by atoms with van der Waals surface area (Å²) < 4.78 is 3.21. The molecule has 2 saturated carbocycles. The van der Waals surface area contributed by atoms with Gasteiger partial charge >= 0.3 is 5.69 Å². The molecular weight excluding hydrogens is 256 g/mol. The average Bonchev–Trinajstić information content (AvgIpc) is 2.67. The highest BCUT2D eigenvalue weighted by Crippen LogP contribution is 2.33. The number of nitrogens with one attached hydrogen (secondary N) is 1. The second-order valence-electron chi connectivity index (χ2n) is 6.02. The number of aromatic nitrogens is 4. The fraction of sp³-hybridized carbons (Fsp3) is 0.643. The number of H-pyrrole nitrogens is 1. The lowest BCUT2D eigenvalue weighted by Gasteiger charge is -2.31. The number of rotatable bonds is 2. The summed E-state index contributed by atoms with van der Waals surface area (Å²) in [7, 11) is 0. The molecule has 2 heterocycles. The van der Waals surface area contributed by atoms with E-state index in [1.165, 1.54) is 4.57 Å². The molecule has 0 unspecified atom stereocenters. The highest BCUT2D eigenvalue weighted by atomic mass is 16.2. The van der Waals surface area contributed by atoms with Gasteiger partial charge in [-0.05, 0) is 45.4 Å². The van der Waals surface area contributed by atoms with Crippen molar-refractivity contribution in [3.05, 3.63) is 26.7 Å². The minimum atomic E-state index is -0.203. The SMILES string of the molecule is Cc1nc2c([nH]1)c(=O)n(C1CCC1)c(=O)n2C1CCC1. The van der Waals surface area contributed by atoms with Crippen molar-refractivity contribution in [1.82, 2.24) is 19.1 Å². The first-order chi connectivity index (χ1) is 9.66. The van der Waals surface area contributed by atoms with E-state index in [1.807, 2.05) is 6.92 Å². The molecule has 2 aromatic rings. The first-order valence-corrected chi connectivity index (χ1v) is 7.40. The van der Waals surface area contributed by atoms with Crippen molar-refractivity contribution in [2.24, 2.45) is 0 Å². The normalized spacial score (nSPS) is 20.1. The highest BCUT2D eigenvalue weighted by Gasteiger charge is 2.30. The van der Waals surface area contributed by atoms with Crippen molar-refractivity contribution in [2.45, 2.75) is 57.5 Å². The molecule has 106 valence electrons. The van der Waals surface area contributed by atoms with Crippen molar-refractivity contribution in [3.8, 4) is 0 Å². The average molecular weight is 274 g/mol. The maximum Gasteiger partial charge on any atom is 0.333 e. The molecule has 2 fully saturated rings. The zero-order chi connectivity index (χ0) is 13.9. The lowest BCUT2D eigenvalue weighted by atomic mass is 9.92. The third-order valence-electron chi connectivity index (χ3n) is 4.76. The van der Waals surface area contributed by atoms with E-state index >= 15 is 0 Å². The molecule has 0 spiro atoms. The number of fused-ring (bicyclic) bond motifs is 1. The third kappa shape index (κ3) is 1.47. The van der Waals surface area contributed by atoms with E-state index in [1.54, 1.807) is 4.57 Å². The third-order valence-corrected chi connectivity index (χ3v) is 4.76. The number of aryl methyl sites for hydroxylation is 1. The fourth-order valence-corrected chi connectivity index (χ4v) is 3.16. The summed E-state index contributed by atoms with van der Waals surface area (Å²) in [6.07, 6.45) is 6.11. The van der Waals surface area contributed by atoms with Gasteiger partial charge in [0, 0.05) is 12.1 Å². The molecular formula is C14H18N4O2. The molecule has 0 amide bonds. The topological polar surface area (TPSA) is 72.7 Å². The number of hydrogen-bond acceptors (Lipinski definition) is 3. The van der Waals surface area contributed by atoms with Gasteiger partial charge in [0.25, 0.3) is 5.56 Å². The van der Waals surface area contributed by atoms with Gasteiger partial charge in [-0.15, -0.1) is 0 Å². The zero-order valence-electron chi connectivity index (χ0n) is 11.6. The van der Waals surface area contributed by atoms with Crippen LogP contribution in [-0.2, 0) is 0 Å². The molecule has 0 saturated heterocycles. The second kappa shape index (κ2) is 4.07. The van der Waals surface area contributed by atoms with E-state index in [-0.39, 0.29) is 23.3 Å². The van der Waals surface area contributed by atoms with Crippen LogP contribution >= 0.6 is 0 Å². The molecule has 0 aromatic carbocycles. The molecule has 2 aliphatic rings. The molecule has 2 aliphatic carbocycles. The van der Waals surface area contributed by atoms with E-state index < -0.39 is 0 Å². The Morgan fingerprint density at radius 2 is 1.65 bits per heavy atom. The molecule has 4 rings (SSSR count). The van der Waals surface area contributed by atoms with Crippen LogP contribution in [0.15, 0.2) is 9.59 Å². The molecule has 1 N–H and O–H groups in total. The first-order valence-electron chi connectivity index (χ1n) is 7.40. The Morgan fingerprint density at radius 3 is 2.20 bits per heavy atom. The summed E-state index contributed by atoms with van der Waals surface area (Å²) in [5.74, 6) is 0.691. The van der Waals surface area contributed by atoms with Gasteiger partial charge in [-0.25, -0.2) is 9.78 Å². The quantitative estimate of drug-likeness (QED) is 0.905. The highest BCUT2D eigenvalue weighted by molar-refractivity contribution is 5.70. The van der Waals surface area contributed by atoms with Gasteiger partial charge < -0.3 is 4.98 Å². The summed E-state index contributed by atoms with van der Waals surface area (Å²) >= 11 is 0. The predicted octanol–water partition coefficient (Wildman–Crippen LogP) is 1.64. The number of aromatic amines is 1. The van der Waals surface area contributed by atoms with Crippen molar-refractivity contribution in [3.63, 3.8) is 0 Å². The number of hydrogen-bond donors (Lipinski definition) is 1. The van der Waals surface area contributed by atoms with Gasteiger partial charge in [0.2, 0.25) is 0 Å². The van der Waals surface area contributed by atoms with Crippen molar-refractivity contribution < 1.29 is 0 Å². The first kappa shape index (κ1) is 11.9. The molecule has 6 nitrogen and oxygen atoms in total. The van der Waals surface area contributed by atoms with Crippen LogP contribution in [0.4, 0.5) is 0 Å². The largest absolute Gasteiger partial charge is 0.336 e. The van der Waals surface area contributed by atoms with Crippen LogP contribution in [0, 0.1) is 6.92 Å². The van der Waals surface area contributed by atoms with Crippen LogP contribution in [-0.4, -0.2) is 19.1 Å². The van der Waals surface area contributed by atoms with E-state index in [9.17, 15) is 9.59 Å². The number of nitrogens with zero attached hydrogens (tertiary/aromatic N) is 3. The lowest BCUT2D eigenvalue weighted by Crippen LogP contribution is -2.46. The minimum absolute atomic E-state index is 0.0781. The maximum atomic E-state index is 12.8. The summed E-state index contributed by atoms with van der Waals surface area (Å²) in [5.41, 5.74) is 0.660. The second-order valence-corrected chi connectivity index (χ2v) is 6.02. The van der Waals surface area contributed by atoms with Gasteiger partial charge in [0.1, 0.15) is 11.3 Å². The summed E-state index contributed by atoms with van der Waals surface area (Å²) in [6, 6.07) is 0.286. The monoisotopic (exact) mass is 274 g/mol. The zero-order valence-corrected chi connectivity index (χ0v) is 11.6. The number of imidazole rings is 1. The van der Waals surface area contributed by atoms with Gasteiger partial charge in [-0.1, -0.05) is 0 Å². The van der Waals surface area contributed by atoms with Gasteiger partial charge in [-0.3, -0.25) is 13.9 Å². The van der Waals surface area contributed by atoms with Gasteiger partial charge in [-0.2, -0.15) is 0 Å². The molecule has 2 aromatic heterocycles. The molecule has 20 heavy (non-hydrogen) atoms. The van der Waals surface area contributed by atoms with Crippen molar-refractivity contribution in [2.75, 3.05) is 0 Å². The van der Waals surface area contributed by atoms with Crippen molar-refractivity contribution >= 4 is 11.2 Å². The van der Waals surface area contributed by atoms with E-state index in [4.69, 9.17) is 0 Å². The fourth-order valence-electron chi connectivity index (χ4n) is 3.16. The van der Waals surface area contributed by atoms with Crippen LogP contribution in [0.1, 0.15) is 56.4 Å². The Balaban J connectivity index is 2.07. The standard InChI is InChI=1S/C14H18N4O2/c1-8-15-11-12(16-8)17(9-4-2-5-9)14(20)18(13(11)19)10-6-3-7-10/h9-10H,2-7H2,1H3,(H,15,16). The van der Waals surface area contributed by atoms with Crippen LogP contribution in [0.2, 0.25) is 0 Å². The van der Waals surface area contributed by atoms with Crippen LogP contribution in [0.25, 0.3) is 11.2 Å². The Kier molecular flexibility index (Phi) is 2.43. The summed E-state index contributed by atoms with van der Waals surface area (Å²) in [6.45, 7) is 1.82. The van der Waals surface area contributed by atoms with E-state index in [2.05, 4.69) is 9.97 Å².